The molecule has 0 aromatic rings. The van der Waals surface area contributed by atoms with Crippen molar-refractivity contribution in [1.82, 2.24) is 10.6 Å². The first-order valence-electron chi connectivity index (χ1n) is 25.7. The second-order valence-corrected chi connectivity index (χ2v) is 20.6. The maximum absolute atomic E-state index is 13.1. The zero-order chi connectivity index (χ0) is 58.9. The van der Waals surface area contributed by atoms with Gasteiger partial charge in [0.15, 0.2) is 44.0 Å². The lowest BCUT2D eigenvalue weighted by Gasteiger charge is -2.52. The van der Waals surface area contributed by atoms with Gasteiger partial charge in [-0.15, -0.1) is 0 Å². The van der Waals surface area contributed by atoms with Crippen molar-refractivity contribution in [2.24, 2.45) is 0 Å². The third-order valence-electron chi connectivity index (χ3n) is 14.9. The molecule has 20 N–H and O–H groups in total. The SMILES string of the molecule is CC(=O)N[C@@H]1[C@@H](O[C@@H]2O[C@@H](C)[C@@H](O)[C@@H](O)[C@@H]2O)[C@H](O[C@@H]2O[C@H](CO)[C@@H](O[C@@H]3O[C@H](CO)[C@@H](O)[C@H](O[C@H]4O[C@H](CO)[C@@H](O)[C@H](O)[C@@H]4O)[C@@H]3O[C@@H]3OC[C@@H](O)[C@H](O)[C@H]3O)[C@H](O)[C@H]2NC(C)=O)[C@@H](CO[C@@H]2O[C@@H](C)[C@@H](O)[C@@H](O)[C@@H]2O)O[C@H]1O. The van der Waals surface area contributed by atoms with Crippen LogP contribution >= 0.6 is 0 Å². The first kappa shape index (κ1) is 65.2. The van der Waals surface area contributed by atoms with Gasteiger partial charge in [-0.25, -0.2) is 0 Å². The number of aliphatic hydroxyl groups excluding tert-OH is 18. The molecule has 0 spiro atoms. The van der Waals surface area contributed by atoms with Gasteiger partial charge in [-0.2, -0.15) is 0 Å². The summed E-state index contributed by atoms with van der Waals surface area (Å²) in [7, 11) is 0. The van der Waals surface area contributed by atoms with Gasteiger partial charge >= 0.3 is 0 Å². The molecule has 2 amide bonds. The van der Waals surface area contributed by atoms with Crippen molar-refractivity contribution >= 4 is 11.8 Å². The van der Waals surface area contributed by atoms with Crippen molar-refractivity contribution < 1.29 is 163 Å². The number of carbonyl (C=O) groups is 2. The average Bonchev–Trinajstić information content (AvgIpc) is 3.42. The van der Waals surface area contributed by atoms with E-state index in [-0.39, 0.29) is 0 Å². The van der Waals surface area contributed by atoms with Gasteiger partial charge < -0.3 is 164 Å². The van der Waals surface area contributed by atoms with Crippen LogP contribution in [-0.2, 0) is 71.2 Å². The summed E-state index contributed by atoms with van der Waals surface area (Å²) in [5, 5.41) is 199. The molecule has 7 heterocycles. The fourth-order valence-electron chi connectivity index (χ4n) is 10.3. The minimum absolute atomic E-state index is 0.666. The highest BCUT2D eigenvalue weighted by molar-refractivity contribution is 5.73. The third-order valence-corrected chi connectivity index (χ3v) is 14.9. The molecule has 34 atom stereocenters. The van der Waals surface area contributed by atoms with E-state index in [0.29, 0.717) is 0 Å². The van der Waals surface area contributed by atoms with Crippen molar-refractivity contribution in [2.45, 2.75) is 236 Å². The number of hydrogen-bond donors (Lipinski definition) is 20. The minimum atomic E-state index is -2.19. The number of amides is 2. The minimum Gasteiger partial charge on any atom is -0.394 e. The Kier molecular flexibility index (Phi) is 22.7. The molecule has 7 saturated heterocycles. The van der Waals surface area contributed by atoms with E-state index in [1.54, 1.807) is 0 Å². The van der Waals surface area contributed by atoms with E-state index in [2.05, 4.69) is 10.6 Å². The van der Waals surface area contributed by atoms with Gasteiger partial charge in [0.1, 0.15) is 152 Å². The molecule has 464 valence electrons. The van der Waals surface area contributed by atoms with Gasteiger partial charge in [-0.1, -0.05) is 0 Å². The molecule has 7 fully saturated rings. The summed E-state index contributed by atoms with van der Waals surface area (Å²) < 4.78 is 76.8. The maximum Gasteiger partial charge on any atom is 0.217 e. The van der Waals surface area contributed by atoms with Crippen LogP contribution in [0, 0.1) is 0 Å². The Labute approximate surface area is 454 Å². The fourth-order valence-corrected chi connectivity index (χ4v) is 10.3. The van der Waals surface area contributed by atoms with E-state index in [1.165, 1.54) is 13.8 Å². The second-order valence-electron chi connectivity index (χ2n) is 20.6. The fraction of sp³-hybridized carbons (Fsp3) is 0.956. The van der Waals surface area contributed by atoms with Crippen LogP contribution in [0.3, 0.4) is 0 Å². The zero-order valence-electron chi connectivity index (χ0n) is 43.3. The molecule has 0 aromatic carbocycles. The van der Waals surface area contributed by atoms with Crippen molar-refractivity contribution in [2.75, 3.05) is 33.0 Å². The van der Waals surface area contributed by atoms with Crippen LogP contribution in [0.25, 0.3) is 0 Å². The zero-order valence-corrected chi connectivity index (χ0v) is 43.3. The molecule has 0 radical (unpaired) electrons. The van der Waals surface area contributed by atoms with Crippen LogP contribution in [0.4, 0.5) is 0 Å². The van der Waals surface area contributed by atoms with E-state index in [0.717, 1.165) is 13.8 Å². The molecule has 7 rings (SSSR count). The van der Waals surface area contributed by atoms with Crippen LogP contribution in [0.2, 0.25) is 0 Å². The van der Waals surface area contributed by atoms with Crippen LogP contribution in [0.1, 0.15) is 27.7 Å². The molecule has 35 heteroatoms. The number of ether oxygens (including phenoxy) is 13. The highest BCUT2D eigenvalue weighted by Gasteiger charge is 2.59. The Morgan fingerprint density at radius 1 is 0.400 bits per heavy atom. The van der Waals surface area contributed by atoms with Gasteiger partial charge in [0.2, 0.25) is 11.8 Å². The summed E-state index contributed by atoms with van der Waals surface area (Å²) in [6.07, 6.45) is -60.0. The van der Waals surface area contributed by atoms with Crippen molar-refractivity contribution in [3.63, 3.8) is 0 Å². The number of carbonyl (C=O) groups excluding carboxylic acids is 2. The van der Waals surface area contributed by atoms with E-state index >= 15 is 0 Å². The van der Waals surface area contributed by atoms with Gasteiger partial charge in [-0.3, -0.25) is 9.59 Å². The number of aliphatic hydroxyl groups is 18. The monoisotopic (exact) mass is 1170 g/mol. The molecule has 80 heavy (non-hydrogen) atoms. The lowest BCUT2D eigenvalue weighted by Crippen LogP contribution is -2.71. The number of nitrogens with one attached hydrogen (secondary N) is 2. The molecule has 35 nitrogen and oxygen atoms in total. The predicted molar refractivity (Wildman–Crippen MR) is 246 cm³/mol. The predicted octanol–water partition coefficient (Wildman–Crippen LogP) is -13.3. The van der Waals surface area contributed by atoms with Gasteiger partial charge in [0.25, 0.3) is 0 Å². The molecule has 0 bridgehead atoms. The van der Waals surface area contributed by atoms with Crippen molar-refractivity contribution in [1.29, 1.82) is 0 Å². The van der Waals surface area contributed by atoms with E-state index < -0.39 is 254 Å². The largest absolute Gasteiger partial charge is 0.394 e. The summed E-state index contributed by atoms with van der Waals surface area (Å²) >= 11 is 0. The van der Waals surface area contributed by atoms with Gasteiger partial charge in [0, 0.05) is 13.8 Å². The normalized spacial score (nSPS) is 51.3. The summed E-state index contributed by atoms with van der Waals surface area (Å²) in [6.45, 7) is 0.0450. The standard InChI is InChI=1S/C45H76N2O33/c1-10-21(54)27(60)31(64)41(70-10)69-9-18-35(36(20(39(67)72-18)47-13(4)52)78-43-32(65)28(61)22(55)11(2)71-43)77-40-19(46-12(3)51)26(59)34(17(7-50)75-40)76-45-38(80-42-30(63)23(56)14(53)8-68-42)37(25(58)16(6-49)74-45)79-44-33(66)29(62)24(57)15(5-48)73-44/h10-11,14-45,48-50,53-67H,5-9H2,1-4H3,(H,46,51)(H,47,52)/t10-,11-,14+,15+,16+,17+,18+,19+,20+,21+,22+,23-,24+,25+,26+,27+,28+,29-,30+,31-,32-,33-,34+,35+,36+,37-,38-,39+,40-,41+,42-,43-,44+,45-/m0/s1. The number of hydrogen-bond acceptors (Lipinski definition) is 33. The average molecular weight is 1170 g/mol. The van der Waals surface area contributed by atoms with Crippen molar-refractivity contribution in [3.05, 3.63) is 0 Å². The van der Waals surface area contributed by atoms with E-state index in [4.69, 9.17) is 61.6 Å². The second kappa shape index (κ2) is 27.8. The first-order valence-corrected chi connectivity index (χ1v) is 25.7. The summed E-state index contributed by atoms with van der Waals surface area (Å²) in [6, 6.07) is -3.63. The topological polar surface area (TPSA) is 542 Å². The molecular weight excluding hydrogens is 1100 g/mol. The maximum atomic E-state index is 13.1. The Hall–Kier alpha value is -2.30. The summed E-state index contributed by atoms with van der Waals surface area (Å²) in [5.41, 5.74) is 0. The lowest BCUT2D eigenvalue weighted by atomic mass is 9.93. The van der Waals surface area contributed by atoms with Crippen molar-refractivity contribution in [3.8, 4) is 0 Å². The molecule has 0 aromatic heterocycles. The highest BCUT2D eigenvalue weighted by atomic mass is 16.8. The van der Waals surface area contributed by atoms with E-state index in [1.807, 2.05) is 0 Å². The Balaban J connectivity index is 1.24. The molecule has 7 aliphatic rings. The lowest BCUT2D eigenvalue weighted by molar-refractivity contribution is -0.402. The smallest absolute Gasteiger partial charge is 0.217 e. The quantitative estimate of drug-likeness (QED) is 0.0606. The van der Waals surface area contributed by atoms with Crippen LogP contribution < -0.4 is 10.6 Å². The third kappa shape index (κ3) is 14.0. The van der Waals surface area contributed by atoms with Crippen LogP contribution in [-0.4, -0.2) is 345 Å². The van der Waals surface area contributed by atoms with Gasteiger partial charge in [-0.05, 0) is 13.8 Å². The summed E-state index contributed by atoms with van der Waals surface area (Å²) in [5.74, 6) is -1.72. The van der Waals surface area contributed by atoms with Crippen LogP contribution in [0.15, 0.2) is 0 Å². The number of rotatable bonds is 18. The van der Waals surface area contributed by atoms with Gasteiger partial charge in [0.05, 0.1) is 45.2 Å². The van der Waals surface area contributed by atoms with Crippen LogP contribution in [0.5, 0.6) is 0 Å². The highest BCUT2D eigenvalue weighted by Crippen LogP contribution is 2.38. The Bertz CT molecular complexity index is 1970. The Morgan fingerprint density at radius 2 is 0.850 bits per heavy atom. The Morgan fingerprint density at radius 3 is 1.44 bits per heavy atom. The molecular formula is C45H76N2O33. The van der Waals surface area contributed by atoms with E-state index in [9.17, 15) is 102 Å². The molecule has 0 aliphatic carbocycles. The molecule has 0 saturated carbocycles. The molecule has 7 aliphatic heterocycles. The summed E-state index contributed by atoms with van der Waals surface area (Å²) in [4.78, 5) is 25.8. The molecule has 0 unspecified atom stereocenters. The first-order chi connectivity index (χ1) is 37.7.